The predicted octanol–water partition coefficient (Wildman–Crippen LogP) is 2.53. The molecule has 24 heavy (non-hydrogen) atoms. The fraction of sp³-hybridized carbons (Fsp3) is 0. The van der Waals surface area contributed by atoms with Gasteiger partial charge in [0.1, 0.15) is 0 Å². The quantitative estimate of drug-likeness (QED) is 0.765. The number of carbonyl (C=O) groups excluding carboxylic acids is 1. The molecule has 0 unspecified atom stereocenters. The van der Waals surface area contributed by atoms with Crippen LogP contribution in [0.2, 0.25) is 10.0 Å². The van der Waals surface area contributed by atoms with Crippen molar-refractivity contribution in [3.63, 3.8) is 0 Å². The maximum atomic E-state index is 12.7. The van der Waals surface area contributed by atoms with Gasteiger partial charge < -0.3 is 5.73 Å². The molecule has 10 heteroatoms. The Hall–Kier alpha value is -1.71. The normalized spacial score (nSPS) is 11.1. The Morgan fingerprint density at radius 2 is 1.75 bits per heavy atom. The molecule has 1 amide bonds. The highest BCUT2D eigenvalue weighted by Crippen LogP contribution is 2.25. The predicted molar refractivity (Wildman–Crippen MR) is 97.9 cm³/mol. The molecule has 6 nitrogen and oxygen atoms in total. The zero-order valence-corrected chi connectivity index (χ0v) is 15.1. The van der Waals surface area contributed by atoms with Crippen molar-refractivity contribution < 1.29 is 13.2 Å². The average molecular weight is 404 g/mol. The Kier molecular flexibility index (Phi) is 5.46. The maximum Gasteiger partial charge on any atom is 0.264 e. The average Bonchev–Trinajstić information content (AvgIpc) is 2.49. The third-order valence-corrected chi connectivity index (χ3v) is 4.83. The number of anilines is 1. The van der Waals surface area contributed by atoms with Gasteiger partial charge in [0, 0.05) is 5.56 Å². The number of benzene rings is 2. The SMILES string of the molecule is NC(=S)N(C(=O)c1ccc(Cl)c(Cl)c1)c1cccc(S(N)(=O)=O)c1. The molecule has 0 saturated heterocycles. The minimum Gasteiger partial charge on any atom is -0.376 e. The standard InChI is InChI=1S/C14H11Cl2N3O3S2/c15-11-5-4-8(6-12(11)16)13(20)19(14(17)23)9-2-1-3-10(7-9)24(18,21)22/h1-7H,(H2,17,23)(H2,18,21,22). The van der Waals surface area contributed by atoms with Gasteiger partial charge in [-0.3, -0.25) is 9.69 Å². The molecule has 0 aliphatic carbocycles. The Morgan fingerprint density at radius 3 is 2.29 bits per heavy atom. The number of rotatable bonds is 3. The molecule has 0 radical (unpaired) electrons. The molecule has 0 aliphatic heterocycles. The van der Waals surface area contributed by atoms with E-state index in [9.17, 15) is 13.2 Å². The van der Waals surface area contributed by atoms with Crippen LogP contribution in [-0.2, 0) is 10.0 Å². The molecular weight excluding hydrogens is 393 g/mol. The summed E-state index contributed by atoms with van der Waals surface area (Å²) >= 11 is 16.7. The van der Waals surface area contributed by atoms with Gasteiger partial charge in [0.15, 0.2) is 5.11 Å². The first-order valence-corrected chi connectivity index (χ1v) is 9.04. The zero-order chi connectivity index (χ0) is 18.1. The number of hydrogen-bond acceptors (Lipinski definition) is 4. The Labute approximate surface area is 154 Å². The second-order valence-electron chi connectivity index (χ2n) is 4.65. The van der Waals surface area contributed by atoms with Crippen molar-refractivity contribution in [3.05, 3.63) is 58.1 Å². The van der Waals surface area contributed by atoms with E-state index < -0.39 is 15.9 Å². The first-order chi connectivity index (χ1) is 11.1. The summed E-state index contributed by atoms with van der Waals surface area (Å²) in [5.74, 6) is -0.590. The van der Waals surface area contributed by atoms with Crippen LogP contribution in [0, 0.1) is 0 Å². The van der Waals surface area contributed by atoms with E-state index in [2.05, 4.69) is 0 Å². The highest BCUT2D eigenvalue weighted by atomic mass is 35.5. The van der Waals surface area contributed by atoms with Crippen LogP contribution in [0.4, 0.5) is 5.69 Å². The lowest BCUT2D eigenvalue weighted by Gasteiger charge is -2.21. The van der Waals surface area contributed by atoms with Crippen LogP contribution in [-0.4, -0.2) is 19.4 Å². The van der Waals surface area contributed by atoms with Crippen LogP contribution in [0.1, 0.15) is 10.4 Å². The molecule has 0 atom stereocenters. The van der Waals surface area contributed by atoms with E-state index >= 15 is 0 Å². The smallest absolute Gasteiger partial charge is 0.264 e. The summed E-state index contributed by atoms with van der Waals surface area (Å²) in [6.45, 7) is 0. The summed E-state index contributed by atoms with van der Waals surface area (Å²) in [4.78, 5) is 13.5. The van der Waals surface area contributed by atoms with E-state index in [1.807, 2.05) is 0 Å². The lowest BCUT2D eigenvalue weighted by atomic mass is 10.2. The fourth-order valence-corrected chi connectivity index (χ4v) is 2.94. The van der Waals surface area contributed by atoms with E-state index in [0.29, 0.717) is 0 Å². The van der Waals surface area contributed by atoms with Gasteiger partial charge in [-0.1, -0.05) is 29.3 Å². The molecule has 0 spiro atoms. The fourth-order valence-electron chi connectivity index (χ4n) is 1.90. The van der Waals surface area contributed by atoms with Gasteiger partial charge in [-0.2, -0.15) is 0 Å². The molecule has 0 bridgehead atoms. The van der Waals surface area contributed by atoms with Crippen LogP contribution in [0.3, 0.4) is 0 Å². The van der Waals surface area contributed by atoms with E-state index in [4.69, 9.17) is 46.3 Å². The van der Waals surface area contributed by atoms with Gasteiger partial charge >= 0.3 is 0 Å². The van der Waals surface area contributed by atoms with Gasteiger partial charge in [-0.15, -0.1) is 0 Å². The van der Waals surface area contributed by atoms with Gasteiger partial charge in [0.25, 0.3) is 5.91 Å². The Balaban J connectivity index is 2.52. The number of amides is 1. The van der Waals surface area contributed by atoms with E-state index in [-0.39, 0.29) is 31.3 Å². The van der Waals surface area contributed by atoms with Crippen molar-refractivity contribution in [3.8, 4) is 0 Å². The van der Waals surface area contributed by atoms with Crippen LogP contribution in [0.5, 0.6) is 0 Å². The molecule has 2 aromatic carbocycles. The van der Waals surface area contributed by atoms with Crippen molar-refractivity contribution in [1.82, 2.24) is 0 Å². The van der Waals surface area contributed by atoms with Crippen LogP contribution < -0.4 is 15.8 Å². The van der Waals surface area contributed by atoms with Crippen molar-refractivity contribution in [2.45, 2.75) is 4.90 Å². The molecule has 0 aliphatic rings. The first-order valence-electron chi connectivity index (χ1n) is 6.33. The topological polar surface area (TPSA) is 106 Å². The molecule has 2 rings (SSSR count). The van der Waals surface area contributed by atoms with Gasteiger partial charge in [-0.05, 0) is 48.6 Å². The molecule has 0 fully saturated rings. The zero-order valence-electron chi connectivity index (χ0n) is 11.9. The second-order valence-corrected chi connectivity index (χ2v) is 7.44. The number of nitrogens with zero attached hydrogens (tertiary/aromatic N) is 1. The third-order valence-electron chi connectivity index (χ3n) is 2.99. The third kappa shape index (κ3) is 4.03. The monoisotopic (exact) mass is 403 g/mol. The van der Waals surface area contributed by atoms with E-state index in [1.54, 1.807) is 0 Å². The minimum absolute atomic E-state index is 0.157. The summed E-state index contributed by atoms with van der Waals surface area (Å²) in [6, 6.07) is 9.65. The van der Waals surface area contributed by atoms with E-state index in [1.165, 1.54) is 42.5 Å². The number of sulfonamides is 1. The van der Waals surface area contributed by atoms with Crippen LogP contribution >= 0.6 is 35.4 Å². The highest BCUT2D eigenvalue weighted by Gasteiger charge is 2.22. The highest BCUT2D eigenvalue weighted by molar-refractivity contribution is 7.89. The summed E-state index contributed by atoms with van der Waals surface area (Å²) < 4.78 is 23.0. The molecular formula is C14H11Cl2N3O3S2. The molecule has 0 saturated carbocycles. The summed E-state index contributed by atoms with van der Waals surface area (Å²) in [5, 5.41) is 5.30. The number of thiocarbonyl (C=S) groups is 1. The maximum absolute atomic E-state index is 12.7. The second kappa shape index (κ2) is 7.04. The van der Waals surface area contributed by atoms with E-state index in [0.717, 1.165) is 4.90 Å². The number of carbonyl (C=O) groups is 1. The minimum atomic E-state index is -3.95. The molecule has 2 aromatic rings. The Bertz CT molecular complexity index is 933. The van der Waals surface area contributed by atoms with Crippen molar-refractivity contribution >= 4 is 62.2 Å². The summed E-state index contributed by atoms with van der Waals surface area (Å²) in [6.07, 6.45) is 0. The number of nitrogens with two attached hydrogens (primary N) is 2. The van der Waals surface area contributed by atoms with Gasteiger partial charge in [-0.25, -0.2) is 13.6 Å². The van der Waals surface area contributed by atoms with Crippen molar-refractivity contribution in [1.29, 1.82) is 0 Å². The molecule has 0 aromatic heterocycles. The number of primary sulfonamides is 1. The van der Waals surface area contributed by atoms with Crippen LogP contribution in [0.15, 0.2) is 47.4 Å². The van der Waals surface area contributed by atoms with Crippen molar-refractivity contribution in [2.24, 2.45) is 10.9 Å². The summed E-state index contributed by atoms with van der Waals surface area (Å²) in [5.41, 5.74) is 5.97. The lowest BCUT2D eigenvalue weighted by molar-refractivity contribution is 0.100. The molecule has 126 valence electrons. The van der Waals surface area contributed by atoms with Gasteiger partial charge in [0.2, 0.25) is 10.0 Å². The number of halogens is 2. The lowest BCUT2D eigenvalue weighted by Crippen LogP contribution is -2.40. The largest absolute Gasteiger partial charge is 0.376 e. The summed E-state index contributed by atoms with van der Waals surface area (Å²) in [7, 11) is -3.95. The van der Waals surface area contributed by atoms with Crippen molar-refractivity contribution in [2.75, 3.05) is 4.90 Å². The first kappa shape index (κ1) is 18.6. The molecule has 0 heterocycles. The number of hydrogen-bond donors (Lipinski definition) is 2. The Morgan fingerprint density at radius 1 is 1.08 bits per heavy atom. The van der Waals surface area contributed by atoms with Crippen LogP contribution in [0.25, 0.3) is 0 Å². The van der Waals surface area contributed by atoms with Gasteiger partial charge in [0.05, 0.1) is 20.6 Å². The molecule has 4 N–H and O–H groups in total.